The topological polar surface area (TPSA) is 61.4 Å². The van der Waals surface area contributed by atoms with E-state index in [1.165, 1.54) is 0 Å². The van der Waals surface area contributed by atoms with Crippen molar-refractivity contribution in [3.05, 3.63) is 29.8 Å². The van der Waals surface area contributed by atoms with Crippen LogP contribution in [0.15, 0.2) is 24.3 Å². The molecule has 1 aliphatic heterocycles. The van der Waals surface area contributed by atoms with Crippen LogP contribution in [0.25, 0.3) is 0 Å². The fourth-order valence-corrected chi connectivity index (χ4v) is 2.71. The minimum Gasteiger partial charge on any atom is -0.382 e. The van der Waals surface area contributed by atoms with Crippen molar-refractivity contribution < 1.29 is 9.59 Å². The maximum atomic E-state index is 12.8. The Kier molecular flexibility index (Phi) is 4.83. The Hall–Kier alpha value is -2.04. The highest BCUT2D eigenvalue weighted by atomic mass is 16.2. The zero-order valence-corrected chi connectivity index (χ0v) is 12.8. The Morgan fingerprint density at radius 1 is 1.29 bits per heavy atom. The van der Waals surface area contributed by atoms with E-state index in [-0.39, 0.29) is 23.9 Å². The van der Waals surface area contributed by atoms with E-state index in [1.54, 1.807) is 11.9 Å². The largest absolute Gasteiger partial charge is 0.382 e. The van der Waals surface area contributed by atoms with Crippen LogP contribution >= 0.6 is 0 Å². The Morgan fingerprint density at radius 3 is 2.67 bits per heavy atom. The standard InChI is InChI=1S/C16H23N3O2/c1-11(2)18-13-8-5-4-7-12(13)16(21)19-10-6-9-14(19)15(20)17-3/h4-5,7-8,11,14,18H,6,9-10H2,1-3H3,(H,17,20). The molecule has 1 atom stereocenters. The summed E-state index contributed by atoms with van der Waals surface area (Å²) in [5.74, 6) is -0.167. The second-order valence-corrected chi connectivity index (χ2v) is 5.62. The van der Waals surface area contributed by atoms with Crippen LogP contribution in [0.1, 0.15) is 37.0 Å². The number of likely N-dealkylation sites (N-methyl/N-ethyl adjacent to an activating group) is 1. The van der Waals surface area contributed by atoms with E-state index in [0.29, 0.717) is 12.1 Å². The molecule has 1 aromatic carbocycles. The molecule has 114 valence electrons. The van der Waals surface area contributed by atoms with E-state index in [2.05, 4.69) is 10.6 Å². The third kappa shape index (κ3) is 3.35. The molecule has 0 spiro atoms. The van der Waals surface area contributed by atoms with Crippen LogP contribution in [0, 0.1) is 0 Å². The number of anilines is 1. The predicted molar refractivity (Wildman–Crippen MR) is 83.3 cm³/mol. The first-order chi connectivity index (χ1) is 10.0. The number of amides is 2. The number of nitrogens with one attached hydrogen (secondary N) is 2. The van der Waals surface area contributed by atoms with Crippen LogP contribution in [0.2, 0.25) is 0 Å². The normalized spacial score (nSPS) is 17.9. The third-order valence-electron chi connectivity index (χ3n) is 3.66. The molecule has 5 heteroatoms. The first kappa shape index (κ1) is 15.4. The van der Waals surface area contributed by atoms with Crippen molar-refractivity contribution in [3.63, 3.8) is 0 Å². The molecule has 0 saturated carbocycles. The Morgan fingerprint density at radius 2 is 2.00 bits per heavy atom. The van der Waals surface area contributed by atoms with Gasteiger partial charge in [-0.1, -0.05) is 12.1 Å². The zero-order chi connectivity index (χ0) is 15.4. The molecular formula is C16H23N3O2. The molecule has 0 aromatic heterocycles. The van der Waals surface area contributed by atoms with Crippen LogP contribution < -0.4 is 10.6 Å². The average molecular weight is 289 g/mol. The number of carbonyl (C=O) groups is 2. The Balaban J connectivity index is 2.25. The summed E-state index contributed by atoms with van der Waals surface area (Å²) in [5, 5.41) is 5.93. The van der Waals surface area contributed by atoms with Crippen molar-refractivity contribution in [2.75, 3.05) is 18.9 Å². The van der Waals surface area contributed by atoms with E-state index in [9.17, 15) is 9.59 Å². The molecule has 1 heterocycles. The lowest BCUT2D eigenvalue weighted by Gasteiger charge is -2.25. The number of benzene rings is 1. The zero-order valence-electron chi connectivity index (χ0n) is 12.8. The summed E-state index contributed by atoms with van der Waals surface area (Å²) < 4.78 is 0. The molecular weight excluding hydrogens is 266 g/mol. The molecule has 0 radical (unpaired) electrons. The van der Waals surface area contributed by atoms with Gasteiger partial charge in [-0.25, -0.2) is 0 Å². The van der Waals surface area contributed by atoms with E-state index in [0.717, 1.165) is 18.5 Å². The Bertz CT molecular complexity index is 528. The van der Waals surface area contributed by atoms with Crippen LogP contribution in [0.4, 0.5) is 5.69 Å². The smallest absolute Gasteiger partial charge is 0.256 e. The Labute approximate surface area is 125 Å². The highest BCUT2D eigenvalue weighted by Crippen LogP contribution is 2.24. The van der Waals surface area contributed by atoms with Crippen molar-refractivity contribution >= 4 is 17.5 Å². The first-order valence-corrected chi connectivity index (χ1v) is 7.42. The molecule has 1 aliphatic rings. The number of rotatable bonds is 4. The summed E-state index contributed by atoms with van der Waals surface area (Å²) in [7, 11) is 1.61. The van der Waals surface area contributed by atoms with E-state index in [4.69, 9.17) is 0 Å². The minimum atomic E-state index is -0.352. The molecule has 1 aromatic rings. The average Bonchev–Trinajstić information content (AvgIpc) is 2.95. The van der Waals surface area contributed by atoms with Gasteiger partial charge >= 0.3 is 0 Å². The summed E-state index contributed by atoms with van der Waals surface area (Å²) in [6.45, 7) is 4.70. The monoisotopic (exact) mass is 289 g/mol. The van der Waals surface area contributed by atoms with Crippen LogP contribution in [0.3, 0.4) is 0 Å². The van der Waals surface area contributed by atoms with Crippen LogP contribution in [-0.2, 0) is 4.79 Å². The van der Waals surface area contributed by atoms with Crippen LogP contribution in [-0.4, -0.2) is 42.4 Å². The van der Waals surface area contributed by atoms with Gasteiger partial charge in [0.15, 0.2) is 0 Å². The lowest BCUT2D eigenvalue weighted by atomic mass is 10.1. The highest BCUT2D eigenvalue weighted by molar-refractivity contribution is 6.02. The molecule has 0 bridgehead atoms. The fraction of sp³-hybridized carbons (Fsp3) is 0.500. The van der Waals surface area contributed by atoms with Gasteiger partial charge in [-0.3, -0.25) is 9.59 Å². The SMILES string of the molecule is CNC(=O)C1CCCN1C(=O)c1ccccc1NC(C)C. The molecule has 0 aliphatic carbocycles. The van der Waals surface area contributed by atoms with Gasteiger partial charge in [-0.05, 0) is 38.8 Å². The van der Waals surface area contributed by atoms with Gasteiger partial charge in [-0.15, -0.1) is 0 Å². The number of hydrogen-bond donors (Lipinski definition) is 2. The summed E-state index contributed by atoms with van der Waals surface area (Å²) in [6, 6.07) is 7.36. The van der Waals surface area contributed by atoms with Gasteiger partial charge in [0.25, 0.3) is 5.91 Å². The van der Waals surface area contributed by atoms with E-state index >= 15 is 0 Å². The van der Waals surface area contributed by atoms with Crippen molar-refractivity contribution in [1.82, 2.24) is 10.2 Å². The van der Waals surface area contributed by atoms with E-state index in [1.807, 2.05) is 38.1 Å². The summed E-state index contributed by atoms with van der Waals surface area (Å²) in [4.78, 5) is 26.4. The van der Waals surface area contributed by atoms with Crippen molar-refractivity contribution in [3.8, 4) is 0 Å². The number of nitrogens with zero attached hydrogens (tertiary/aromatic N) is 1. The van der Waals surface area contributed by atoms with Crippen molar-refractivity contribution in [2.24, 2.45) is 0 Å². The number of para-hydroxylation sites is 1. The fourth-order valence-electron chi connectivity index (χ4n) is 2.71. The van der Waals surface area contributed by atoms with Gasteiger partial charge in [0.1, 0.15) is 6.04 Å². The van der Waals surface area contributed by atoms with Crippen molar-refractivity contribution in [2.45, 2.75) is 38.8 Å². The highest BCUT2D eigenvalue weighted by Gasteiger charge is 2.34. The quantitative estimate of drug-likeness (QED) is 0.889. The minimum absolute atomic E-state index is 0.0788. The lowest BCUT2D eigenvalue weighted by molar-refractivity contribution is -0.124. The first-order valence-electron chi connectivity index (χ1n) is 7.42. The molecule has 2 rings (SSSR count). The maximum Gasteiger partial charge on any atom is 0.256 e. The third-order valence-corrected chi connectivity index (χ3v) is 3.66. The summed E-state index contributed by atoms with van der Waals surface area (Å²) >= 11 is 0. The van der Waals surface area contributed by atoms with Crippen molar-refractivity contribution in [1.29, 1.82) is 0 Å². The summed E-state index contributed by atoms with van der Waals surface area (Å²) in [5.41, 5.74) is 1.45. The number of hydrogen-bond acceptors (Lipinski definition) is 3. The van der Waals surface area contributed by atoms with Gasteiger partial charge < -0.3 is 15.5 Å². The molecule has 1 fully saturated rings. The number of carbonyl (C=O) groups excluding carboxylic acids is 2. The second kappa shape index (κ2) is 6.61. The van der Waals surface area contributed by atoms with E-state index < -0.39 is 0 Å². The van der Waals surface area contributed by atoms with Gasteiger partial charge in [-0.2, -0.15) is 0 Å². The number of likely N-dealkylation sites (tertiary alicyclic amines) is 1. The summed E-state index contributed by atoms with van der Waals surface area (Å²) in [6.07, 6.45) is 1.59. The molecule has 21 heavy (non-hydrogen) atoms. The predicted octanol–water partition coefficient (Wildman–Crippen LogP) is 1.86. The molecule has 2 amide bonds. The molecule has 1 saturated heterocycles. The van der Waals surface area contributed by atoms with Gasteiger partial charge in [0.2, 0.25) is 5.91 Å². The van der Waals surface area contributed by atoms with Crippen LogP contribution in [0.5, 0.6) is 0 Å². The molecule has 1 unspecified atom stereocenters. The second-order valence-electron chi connectivity index (χ2n) is 5.62. The molecule has 5 nitrogen and oxygen atoms in total. The van der Waals surface area contributed by atoms with Gasteiger partial charge in [0.05, 0.1) is 5.56 Å². The van der Waals surface area contributed by atoms with Gasteiger partial charge in [0, 0.05) is 25.3 Å². The maximum absolute atomic E-state index is 12.8. The molecule has 2 N–H and O–H groups in total. The lowest BCUT2D eigenvalue weighted by Crippen LogP contribution is -2.45.